The van der Waals surface area contributed by atoms with Crippen molar-refractivity contribution >= 4 is 22.6 Å². The molecule has 1 aromatic heterocycles. The lowest BCUT2D eigenvalue weighted by Gasteiger charge is -2.09. The average molecular weight is 238 g/mol. The molecular formula is C11H12ClN3O. The van der Waals surface area contributed by atoms with Gasteiger partial charge in [-0.3, -0.25) is 0 Å². The summed E-state index contributed by atoms with van der Waals surface area (Å²) in [6.45, 7) is 2.22. The van der Waals surface area contributed by atoms with E-state index in [0.717, 1.165) is 11.1 Å². The van der Waals surface area contributed by atoms with Gasteiger partial charge in [0.15, 0.2) is 5.15 Å². The molecule has 5 heteroatoms. The summed E-state index contributed by atoms with van der Waals surface area (Å²) in [5.74, 6) is 0.704. The number of aromatic nitrogens is 2. The number of halogens is 1. The Bertz CT molecular complexity index is 542. The summed E-state index contributed by atoms with van der Waals surface area (Å²) in [6, 6.07) is 3.82. The molecule has 0 unspecified atom stereocenters. The summed E-state index contributed by atoms with van der Waals surface area (Å²) in [6.07, 6.45) is 0. The fourth-order valence-electron chi connectivity index (χ4n) is 1.60. The lowest BCUT2D eigenvalue weighted by Crippen LogP contribution is -2.03. The predicted molar refractivity (Wildman–Crippen MR) is 63.7 cm³/mol. The first kappa shape index (κ1) is 11.1. The first-order chi connectivity index (χ1) is 7.67. The Balaban J connectivity index is 2.79. The van der Waals surface area contributed by atoms with Crippen molar-refractivity contribution < 1.29 is 4.74 Å². The zero-order valence-electron chi connectivity index (χ0n) is 9.12. The van der Waals surface area contributed by atoms with Gasteiger partial charge in [-0.2, -0.15) is 0 Å². The van der Waals surface area contributed by atoms with E-state index in [2.05, 4.69) is 9.97 Å². The molecule has 16 heavy (non-hydrogen) atoms. The topological polar surface area (TPSA) is 61.0 Å². The van der Waals surface area contributed by atoms with Gasteiger partial charge in [-0.15, -0.1) is 0 Å². The molecule has 0 saturated carbocycles. The van der Waals surface area contributed by atoms with E-state index < -0.39 is 0 Å². The molecule has 0 aliphatic carbocycles. The number of aryl methyl sites for hydroxylation is 1. The van der Waals surface area contributed by atoms with Crippen LogP contribution in [0, 0.1) is 6.92 Å². The van der Waals surface area contributed by atoms with Crippen molar-refractivity contribution in [2.24, 2.45) is 5.73 Å². The highest BCUT2D eigenvalue weighted by Crippen LogP contribution is 2.28. The maximum atomic E-state index is 5.98. The number of nitrogens with zero attached hydrogens (tertiary/aromatic N) is 2. The van der Waals surface area contributed by atoms with Gasteiger partial charge in [0.2, 0.25) is 0 Å². The summed E-state index contributed by atoms with van der Waals surface area (Å²) in [7, 11) is 1.61. The number of rotatable bonds is 2. The van der Waals surface area contributed by atoms with Crippen LogP contribution in [0.25, 0.3) is 11.0 Å². The molecule has 0 amide bonds. The second kappa shape index (κ2) is 4.23. The summed E-state index contributed by atoms with van der Waals surface area (Å²) in [5.41, 5.74) is 8.54. The van der Waals surface area contributed by atoms with Crippen LogP contribution in [-0.4, -0.2) is 17.1 Å². The lowest BCUT2D eigenvalue weighted by molar-refractivity contribution is 0.415. The highest BCUT2D eigenvalue weighted by molar-refractivity contribution is 6.30. The molecule has 0 radical (unpaired) electrons. The normalized spacial score (nSPS) is 10.8. The molecule has 0 bridgehead atoms. The molecule has 0 atom stereocenters. The first-order valence-electron chi connectivity index (χ1n) is 4.87. The van der Waals surface area contributed by atoms with Crippen LogP contribution in [0.2, 0.25) is 5.15 Å². The van der Waals surface area contributed by atoms with Crippen LogP contribution in [0.4, 0.5) is 0 Å². The van der Waals surface area contributed by atoms with Crippen molar-refractivity contribution in [3.8, 4) is 5.75 Å². The molecule has 0 spiro atoms. The second-order valence-electron chi connectivity index (χ2n) is 3.45. The SMILES string of the molecule is COc1c(C)ccc2nc(CN)c(Cl)nc12. The summed E-state index contributed by atoms with van der Waals surface area (Å²) in [5, 5.41) is 0.332. The Labute approximate surface area is 98.4 Å². The number of fused-ring (bicyclic) bond motifs is 1. The first-order valence-corrected chi connectivity index (χ1v) is 5.25. The molecule has 1 heterocycles. The minimum Gasteiger partial charge on any atom is -0.494 e. The maximum absolute atomic E-state index is 5.98. The minimum absolute atomic E-state index is 0.276. The number of benzene rings is 1. The highest BCUT2D eigenvalue weighted by atomic mass is 35.5. The Hall–Kier alpha value is -1.39. The summed E-state index contributed by atoms with van der Waals surface area (Å²) >= 11 is 5.98. The zero-order chi connectivity index (χ0) is 11.7. The van der Waals surface area contributed by atoms with Crippen LogP contribution in [0.5, 0.6) is 5.75 Å². The fourth-order valence-corrected chi connectivity index (χ4v) is 1.81. The fraction of sp³-hybridized carbons (Fsp3) is 0.273. The Morgan fingerprint density at radius 3 is 2.75 bits per heavy atom. The van der Waals surface area contributed by atoms with E-state index in [1.807, 2.05) is 19.1 Å². The van der Waals surface area contributed by atoms with Crippen molar-refractivity contribution in [1.82, 2.24) is 9.97 Å². The smallest absolute Gasteiger partial charge is 0.152 e. The molecule has 4 nitrogen and oxygen atoms in total. The average Bonchev–Trinajstić information content (AvgIpc) is 2.28. The van der Waals surface area contributed by atoms with E-state index in [1.165, 1.54) is 0 Å². The predicted octanol–water partition coefficient (Wildman–Crippen LogP) is 2.06. The van der Waals surface area contributed by atoms with Crippen LogP contribution in [0.1, 0.15) is 11.3 Å². The van der Waals surface area contributed by atoms with Crippen molar-refractivity contribution in [2.75, 3.05) is 7.11 Å². The van der Waals surface area contributed by atoms with Crippen LogP contribution >= 0.6 is 11.6 Å². The second-order valence-corrected chi connectivity index (χ2v) is 3.81. The van der Waals surface area contributed by atoms with Crippen LogP contribution in [-0.2, 0) is 6.54 Å². The summed E-state index contributed by atoms with van der Waals surface area (Å²) in [4.78, 5) is 8.62. The molecule has 2 aromatic rings. The Kier molecular flexibility index (Phi) is 2.94. The zero-order valence-corrected chi connectivity index (χ0v) is 9.88. The molecule has 0 aliphatic heterocycles. The number of ether oxygens (including phenoxy) is 1. The third-order valence-corrected chi connectivity index (χ3v) is 2.71. The van der Waals surface area contributed by atoms with Gasteiger partial charge in [-0.25, -0.2) is 9.97 Å². The molecule has 2 rings (SSSR count). The summed E-state index contributed by atoms with van der Waals surface area (Å²) < 4.78 is 5.29. The van der Waals surface area contributed by atoms with Crippen LogP contribution < -0.4 is 10.5 Å². The third-order valence-electron chi connectivity index (χ3n) is 2.41. The number of hydrogen-bond donors (Lipinski definition) is 1. The maximum Gasteiger partial charge on any atom is 0.152 e. The van der Waals surface area contributed by atoms with E-state index in [1.54, 1.807) is 7.11 Å². The van der Waals surface area contributed by atoms with Gasteiger partial charge in [0.05, 0.1) is 18.3 Å². The molecular weight excluding hydrogens is 226 g/mol. The van der Waals surface area contributed by atoms with E-state index in [9.17, 15) is 0 Å². The minimum atomic E-state index is 0.276. The number of methoxy groups -OCH3 is 1. The molecule has 0 fully saturated rings. The lowest BCUT2D eigenvalue weighted by atomic mass is 10.2. The number of hydrogen-bond acceptors (Lipinski definition) is 4. The van der Waals surface area contributed by atoms with Gasteiger partial charge >= 0.3 is 0 Å². The van der Waals surface area contributed by atoms with Gasteiger partial charge in [-0.1, -0.05) is 17.7 Å². The van der Waals surface area contributed by atoms with E-state index in [-0.39, 0.29) is 6.54 Å². The van der Waals surface area contributed by atoms with E-state index in [4.69, 9.17) is 22.1 Å². The van der Waals surface area contributed by atoms with E-state index in [0.29, 0.717) is 22.1 Å². The van der Waals surface area contributed by atoms with Crippen molar-refractivity contribution in [1.29, 1.82) is 0 Å². The van der Waals surface area contributed by atoms with Crippen molar-refractivity contribution in [3.05, 3.63) is 28.5 Å². The van der Waals surface area contributed by atoms with Crippen molar-refractivity contribution in [3.63, 3.8) is 0 Å². The quantitative estimate of drug-likeness (QED) is 0.869. The number of nitrogens with two attached hydrogens (primary N) is 1. The van der Waals surface area contributed by atoms with Gasteiger partial charge in [0, 0.05) is 6.54 Å². The van der Waals surface area contributed by atoms with Gasteiger partial charge in [-0.05, 0) is 18.6 Å². The van der Waals surface area contributed by atoms with Crippen molar-refractivity contribution in [2.45, 2.75) is 13.5 Å². The van der Waals surface area contributed by atoms with Gasteiger partial charge in [0.1, 0.15) is 11.3 Å². The van der Waals surface area contributed by atoms with Gasteiger partial charge < -0.3 is 10.5 Å². The van der Waals surface area contributed by atoms with Gasteiger partial charge in [0.25, 0.3) is 0 Å². The molecule has 2 N–H and O–H groups in total. The standard InChI is InChI=1S/C11H12ClN3O/c1-6-3-4-7-9(10(6)16-2)15-11(12)8(5-13)14-7/h3-4H,5,13H2,1-2H3. The molecule has 1 aromatic carbocycles. The third kappa shape index (κ3) is 1.70. The largest absolute Gasteiger partial charge is 0.494 e. The molecule has 84 valence electrons. The monoisotopic (exact) mass is 237 g/mol. The highest BCUT2D eigenvalue weighted by Gasteiger charge is 2.11. The molecule has 0 saturated heterocycles. The Morgan fingerprint density at radius 2 is 2.12 bits per heavy atom. The Morgan fingerprint density at radius 1 is 1.38 bits per heavy atom. The van der Waals surface area contributed by atoms with Crippen LogP contribution in [0.3, 0.4) is 0 Å². The van der Waals surface area contributed by atoms with Crippen LogP contribution in [0.15, 0.2) is 12.1 Å². The molecule has 0 aliphatic rings. The van der Waals surface area contributed by atoms with E-state index >= 15 is 0 Å².